The van der Waals surface area contributed by atoms with Gasteiger partial charge in [0.15, 0.2) is 0 Å². The zero-order valence-electron chi connectivity index (χ0n) is 22.7. The Hall–Kier alpha value is -5.67. The number of aryl methyl sites for hydroxylation is 2. The third-order valence-corrected chi connectivity index (χ3v) is 7.80. The second kappa shape index (κ2) is 9.51. The molecule has 0 atom stereocenters. The van der Waals surface area contributed by atoms with Gasteiger partial charge in [0.1, 0.15) is 0 Å². The van der Waals surface area contributed by atoms with Crippen LogP contribution in [-0.4, -0.2) is 24.1 Å². The highest BCUT2D eigenvalue weighted by atomic mass is 15.0. The second-order valence-corrected chi connectivity index (χ2v) is 10.1. The van der Waals surface area contributed by atoms with Crippen LogP contribution in [0.25, 0.3) is 61.3 Å². The summed E-state index contributed by atoms with van der Waals surface area (Å²) in [4.78, 5) is 13.0. The third-order valence-electron chi connectivity index (χ3n) is 7.80. The highest BCUT2D eigenvalue weighted by Gasteiger charge is 2.18. The van der Waals surface area contributed by atoms with Crippen molar-refractivity contribution in [3.05, 3.63) is 120 Å². The summed E-state index contributed by atoms with van der Waals surface area (Å²) < 4.78 is 4.43. The molecule has 0 spiro atoms. The maximum Gasteiger partial charge on any atom is 0.0640 e. The summed E-state index contributed by atoms with van der Waals surface area (Å²) in [6, 6.07) is 19.3. The predicted octanol–water partition coefficient (Wildman–Crippen LogP) is 7.11. The smallest absolute Gasteiger partial charge is 0.0640 e. The van der Waals surface area contributed by atoms with E-state index in [1.807, 2.05) is 43.1 Å². The summed E-state index contributed by atoms with van der Waals surface area (Å²) in [5.74, 6) is 2.84. The molecule has 0 bridgehead atoms. The fourth-order valence-electron chi connectivity index (χ4n) is 6.00. The van der Waals surface area contributed by atoms with Gasteiger partial charge in [-0.3, -0.25) is 15.0 Å². The van der Waals surface area contributed by atoms with Crippen LogP contribution < -0.4 is 5.73 Å². The molecule has 0 aliphatic carbocycles. The van der Waals surface area contributed by atoms with Crippen LogP contribution in [0.1, 0.15) is 22.4 Å². The molecule has 41 heavy (non-hydrogen) atoms. The number of hydrogen-bond donors (Lipinski definition) is 1. The molecular formula is C35H26N6. The predicted molar refractivity (Wildman–Crippen MR) is 167 cm³/mol. The van der Waals surface area contributed by atoms with Crippen LogP contribution in [0.15, 0.2) is 98.0 Å². The van der Waals surface area contributed by atoms with Crippen molar-refractivity contribution < 1.29 is 0 Å². The van der Waals surface area contributed by atoms with Crippen molar-refractivity contribution in [2.45, 2.75) is 13.8 Å². The number of fused-ring (bicyclic) bond motifs is 4. The molecule has 5 aromatic heterocycles. The first-order chi connectivity index (χ1) is 20.1. The lowest BCUT2D eigenvalue weighted by Crippen LogP contribution is -2.00. The average Bonchev–Trinajstić information content (AvgIpc) is 3.50. The molecule has 0 amide bonds. The largest absolute Gasteiger partial charge is 0.405 e. The van der Waals surface area contributed by atoms with Crippen LogP contribution >= 0.6 is 0 Å². The van der Waals surface area contributed by atoms with Gasteiger partial charge in [-0.05, 0) is 90.8 Å². The molecule has 7 rings (SSSR count). The van der Waals surface area contributed by atoms with Gasteiger partial charge in [0.25, 0.3) is 0 Å². The first-order valence-corrected chi connectivity index (χ1v) is 13.3. The lowest BCUT2D eigenvalue weighted by atomic mass is 9.95. The molecular weight excluding hydrogens is 504 g/mol. The zero-order valence-corrected chi connectivity index (χ0v) is 22.7. The number of aromatic nitrogens is 5. The fraction of sp³-hybridized carbons (Fsp3) is 0.0571. The number of benzene rings is 2. The third kappa shape index (κ3) is 3.71. The van der Waals surface area contributed by atoms with Crippen molar-refractivity contribution in [3.8, 4) is 34.8 Å². The average molecular weight is 531 g/mol. The van der Waals surface area contributed by atoms with Gasteiger partial charge in [0.05, 0.1) is 27.8 Å². The van der Waals surface area contributed by atoms with Gasteiger partial charge in [-0.25, -0.2) is 0 Å². The topological polar surface area (TPSA) is 74.5 Å². The van der Waals surface area contributed by atoms with E-state index >= 15 is 0 Å². The zero-order chi connectivity index (χ0) is 28.1. The standard InChI is InChI=1S/C35H26N6/c1-4-26-29-19-37-14-10-33(29)40(32(26)9-13-36)24-5-7-27(22(2)17-24)28-8-6-25(18-23(28)3)41-34-11-15-38-20-30(34)31-21-39-16-12-35(31)41/h1,5-21H,36H2,2-3H3/b13-9-. The summed E-state index contributed by atoms with van der Waals surface area (Å²) >= 11 is 0. The minimum atomic E-state index is 0.777. The fourth-order valence-corrected chi connectivity index (χ4v) is 6.00. The van der Waals surface area contributed by atoms with Crippen LogP contribution in [0.2, 0.25) is 0 Å². The summed E-state index contributed by atoms with van der Waals surface area (Å²) in [5, 5.41) is 3.11. The lowest BCUT2D eigenvalue weighted by Gasteiger charge is -2.16. The molecule has 0 fully saturated rings. The SMILES string of the molecule is C#Cc1c(/C=C\N)n(-c2ccc(-c3ccc(-n4c5ccncc5c5cnccc54)cc3C)c(C)c2)c2ccncc12. The molecule has 0 aliphatic heterocycles. The molecule has 0 saturated heterocycles. The second-order valence-electron chi connectivity index (χ2n) is 10.1. The van der Waals surface area contributed by atoms with Crippen LogP contribution in [0.3, 0.4) is 0 Å². The van der Waals surface area contributed by atoms with Gasteiger partial charge in [0.2, 0.25) is 0 Å². The Morgan fingerprint density at radius 1 is 0.683 bits per heavy atom. The van der Waals surface area contributed by atoms with Crippen LogP contribution in [-0.2, 0) is 0 Å². The highest BCUT2D eigenvalue weighted by Crippen LogP contribution is 2.35. The van der Waals surface area contributed by atoms with Crippen molar-refractivity contribution in [3.63, 3.8) is 0 Å². The van der Waals surface area contributed by atoms with Crippen molar-refractivity contribution >= 4 is 38.8 Å². The van der Waals surface area contributed by atoms with Crippen molar-refractivity contribution in [2.75, 3.05) is 0 Å². The maximum atomic E-state index is 5.92. The van der Waals surface area contributed by atoms with Crippen LogP contribution in [0.5, 0.6) is 0 Å². The molecule has 0 saturated carbocycles. The Kier molecular flexibility index (Phi) is 5.65. The molecule has 2 aromatic carbocycles. The van der Waals surface area contributed by atoms with Gasteiger partial charge in [0, 0.05) is 64.7 Å². The molecule has 7 aromatic rings. The van der Waals surface area contributed by atoms with Crippen molar-refractivity contribution in [2.24, 2.45) is 5.73 Å². The summed E-state index contributed by atoms with van der Waals surface area (Å²) in [6.45, 7) is 4.31. The molecule has 0 radical (unpaired) electrons. The van der Waals surface area contributed by atoms with Gasteiger partial charge in [-0.15, -0.1) is 6.42 Å². The molecule has 0 aliphatic rings. The van der Waals surface area contributed by atoms with Gasteiger partial charge >= 0.3 is 0 Å². The maximum absolute atomic E-state index is 5.92. The minimum absolute atomic E-state index is 0.777. The van der Waals surface area contributed by atoms with E-state index in [1.165, 1.54) is 22.9 Å². The summed E-state index contributed by atoms with van der Waals surface area (Å²) in [7, 11) is 0. The number of nitrogens with zero attached hydrogens (tertiary/aromatic N) is 5. The molecule has 0 unspecified atom stereocenters. The minimum Gasteiger partial charge on any atom is -0.405 e. The van der Waals surface area contributed by atoms with Gasteiger partial charge < -0.3 is 14.9 Å². The Bertz CT molecular complexity index is 2150. The van der Waals surface area contributed by atoms with E-state index in [0.29, 0.717) is 0 Å². The first-order valence-electron chi connectivity index (χ1n) is 13.3. The summed E-state index contributed by atoms with van der Waals surface area (Å²) in [6.07, 6.45) is 20.4. The number of terminal acetylenes is 1. The van der Waals surface area contributed by atoms with Crippen LogP contribution in [0.4, 0.5) is 0 Å². The van der Waals surface area contributed by atoms with E-state index in [0.717, 1.165) is 60.9 Å². The normalized spacial score (nSPS) is 11.6. The number of nitrogens with two attached hydrogens (primary N) is 1. The Morgan fingerprint density at radius 2 is 1.17 bits per heavy atom. The number of pyridine rings is 3. The van der Waals surface area contributed by atoms with Gasteiger partial charge in [-0.1, -0.05) is 18.1 Å². The Morgan fingerprint density at radius 3 is 1.66 bits per heavy atom. The van der Waals surface area contributed by atoms with E-state index in [9.17, 15) is 0 Å². The Labute approximate surface area is 237 Å². The van der Waals surface area contributed by atoms with E-state index < -0.39 is 0 Å². The van der Waals surface area contributed by atoms with Gasteiger partial charge in [-0.2, -0.15) is 0 Å². The molecule has 2 N–H and O–H groups in total. The first kappa shape index (κ1) is 24.4. The summed E-state index contributed by atoms with van der Waals surface area (Å²) in [5.41, 5.74) is 17.5. The van der Waals surface area contributed by atoms with E-state index in [1.54, 1.807) is 6.20 Å². The van der Waals surface area contributed by atoms with E-state index in [-0.39, 0.29) is 0 Å². The molecule has 6 heteroatoms. The molecule has 196 valence electrons. The lowest BCUT2D eigenvalue weighted by molar-refractivity contribution is 1.10. The van der Waals surface area contributed by atoms with Crippen molar-refractivity contribution in [1.82, 2.24) is 24.1 Å². The number of hydrogen-bond acceptors (Lipinski definition) is 4. The van der Waals surface area contributed by atoms with Crippen molar-refractivity contribution in [1.29, 1.82) is 0 Å². The van der Waals surface area contributed by atoms with Crippen LogP contribution in [0, 0.1) is 26.2 Å². The number of rotatable bonds is 4. The molecule has 6 nitrogen and oxygen atoms in total. The quantitative estimate of drug-likeness (QED) is 0.246. The monoisotopic (exact) mass is 530 g/mol. The van der Waals surface area contributed by atoms with E-state index in [2.05, 4.69) is 92.4 Å². The van der Waals surface area contributed by atoms with E-state index in [4.69, 9.17) is 12.2 Å². The molecule has 5 heterocycles. The highest BCUT2D eigenvalue weighted by molar-refractivity contribution is 6.08. The Balaban J connectivity index is 1.35.